The van der Waals surface area contributed by atoms with Crippen molar-refractivity contribution in [2.75, 3.05) is 6.61 Å². The molecular weight excluding hydrogens is 218 g/mol. The first-order valence-electron chi connectivity index (χ1n) is 5.71. The summed E-state index contributed by atoms with van der Waals surface area (Å²) in [6.45, 7) is -0.0335. The van der Waals surface area contributed by atoms with E-state index in [9.17, 15) is 9.90 Å². The van der Waals surface area contributed by atoms with Gasteiger partial charge in [0.25, 0.3) is 5.91 Å². The fraction of sp³-hybridized carbons (Fsp3) is 0.500. The molecule has 1 amide bonds. The lowest BCUT2D eigenvalue weighted by molar-refractivity contribution is 0.0838. The Kier molecular flexibility index (Phi) is 3.16. The van der Waals surface area contributed by atoms with E-state index in [0.29, 0.717) is 11.3 Å². The molecule has 1 aliphatic carbocycles. The molecule has 5 heteroatoms. The number of rotatable bonds is 3. The van der Waals surface area contributed by atoms with Crippen LogP contribution in [0.5, 0.6) is 0 Å². The number of amides is 1. The SMILES string of the molecule is N#Cc1cc(C(=O)NC2(CO)CCCC2)c[nH]1. The van der Waals surface area contributed by atoms with Gasteiger partial charge in [0.2, 0.25) is 0 Å². The van der Waals surface area contributed by atoms with Crippen molar-refractivity contribution in [2.45, 2.75) is 31.2 Å². The second kappa shape index (κ2) is 4.60. The molecular formula is C12H15N3O2. The van der Waals surface area contributed by atoms with Gasteiger partial charge >= 0.3 is 0 Å². The normalized spacial score (nSPS) is 17.6. The largest absolute Gasteiger partial charge is 0.394 e. The average molecular weight is 233 g/mol. The predicted octanol–water partition coefficient (Wildman–Crippen LogP) is 0.921. The van der Waals surface area contributed by atoms with Crippen molar-refractivity contribution >= 4 is 5.91 Å². The molecule has 17 heavy (non-hydrogen) atoms. The van der Waals surface area contributed by atoms with Crippen LogP contribution in [0.3, 0.4) is 0 Å². The van der Waals surface area contributed by atoms with Crippen LogP contribution in [0.15, 0.2) is 12.3 Å². The Balaban J connectivity index is 2.08. The molecule has 0 saturated heterocycles. The summed E-state index contributed by atoms with van der Waals surface area (Å²) in [4.78, 5) is 14.6. The predicted molar refractivity (Wildman–Crippen MR) is 61.3 cm³/mol. The molecule has 1 fully saturated rings. The van der Waals surface area contributed by atoms with Crippen LogP contribution in [-0.2, 0) is 0 Å². The van der Waals surface area contributed by atoms with Crippen molar-refractivity contribution in [3.05, 3.63) is 23.5 Å². The van der Waals surface area contributed by atoms with Gasteiger partial charge in [-0.2, -0.15) is 5.26 Å². The number of aromatic nitrogens is 1. The van der Waals surface area contributed by atoms with E-state index >= 15 is 0 Å². The molecule has 1 saturated carbocycles. The molecule has 0 aromatic carbocycles. The maximum atomic E-state index is 11.9. The monoisotopic (exact) mass is 233 g/mol. The van der Waals surface area contributed by atoms with E-state index in [1.807, 2.05) is 6.07 Å². The third-order valence-corrected chi connectivity index (χ3v) is 3.31. The van der Waals surface area contributed by atoms with Crippen LogP contribution >= 0.6 is 0 Å². The molecule has 5 nitrogen and oxygen atoms in total. The van der Waals surface area contributed by atoms with Crippen LogP contribution in [0.1, 0.15) is 41.7 Å². The lowest BCUT2D eigenvalue weighted by atomic mass is 9.98. The maximum Gasteiger partial charge on any atom is 0.253 e. The van der Waals surface area contributed by atoms with E-state index in [2.05, 4.69) is 10.3 Å². The summed E-state index contributed by atoms with van der Waals surface area (Å²) in [6.07, 6.45) is 5.18. The molecule has 1 aromatic heterocycles. The van der Waals surface area contributed by atoms with Gasteiger partial charge in [0.1, 0.15) is 11.8 Å². The number of nitrogens with zero attached hydrogens (tertiary/aromatic N) is 1. The molecule has 1 heterocycles. The van der Waals surface area contributed by atoms with E-state index in [1.54, 1.807) is 0 Å². The van der Waals surface area contributed by atoms with E-state index in [4.69, 9.17) is 5.26 Å². The smallest absolute Gasteiger partial charge is 0.253 e. The third kappa shape index (κ3) is 2.32. The zero-order chi connectivity index (χ0) is 12.3. The third-order valence-electron chi connectivity index (χ3n) is 3.31. The van der Waals surface area contributed by atoms with Gasteiger partial charge in [-0.15, -0.1) is 0 Å². The van der Waals surface area contributed by atoms with Gasteiger partial charge in [0, 0.05) is 6.20 Å². The Morgan fingerprint density at radius 3 is 2.82 bits per heavy atom. The fourth-order valence-corrected chi connectivity index (χ4v) is 2.28. The summed E-state index contributed by atoms with van der Waals surface area (Å²) in [5.41, 5.74) is 0.321. The average Bonchev–Trinajstić information content (AvgIpc) is 2.97. The van der Waals surface area contributed by atoms with Crippen molar-refractivity contribution in [2.24, 2.45) is 0 Å². The van der Waals surface area contributed by atoms with Crippen LogP contribution in [-0.4, -0.2) is 28.1 Å². The van der Waals surface area contributed by atoms with Crippen molar-refractivity contribution in [1.82, 2.24) is 10.3 Å². The number of H-pyrrole nitrogens is 1. The van der Waals surface area contributed by atoms with Crippen molar-refractivity contribution in [1.29, 1.82) is 5.26 Å². The zero-order valence-corrected chi connectivity index (χ0v) is 9.49. The number of hydrogen-bond acceptors (Lipinski definition) is 3. The summed E-state index contributed by atoms with van der Waals surface area (Å²) < 4.78 is 0. The van der Waals surface area contributed by atoms with Gasteiger partial charge in [0.15, 0.2) is 0 Å². The Morgan fingerprint density at radius 2 is 2.29 bits per heavy atom. The van der Waals surface area contributed by atoms with Crippen LogP contribution < -0.4 is 5.32 Å². The number of carbonyl (C=O) groups excluding carboxylic acids is 1. The lowest BCUT2D eigenvalue weighted by Gasteiger charge is -2.27. The highest BCUT2D eigenvalue weighted by molar-refractivity contribution is 5.94. The Bertz CT molecular complexity index is 453. The zero-order valence-electron chi connectivity index (χ0n) is 9.49. The fourth-order valence-electron chi connectivity index (χ4n) is 2.28. The highest BCUT2D eigenvalue weighted by Gasteiger charge is 2.34. The van der Waals surface area contributed by atoms with Gasteiger partial charge in [-0.3, -0.25) is 4.79 Å². The summed E-state index contributed by atoms with van der Waals surface area (Å²) >= 11 is 0. The highest BCUT2D eigenvalue weighted by Crippen LogP contribution is 2.29. The van der Waals surface area contributed by atoms with Crippen molar-refractivity contribution in [3.8, 4) is 6.07 Å². The van der Waals surface area contributed by atoms with Gasteiger partial charge in [-0.05, 0) is 18.9 Å². The van der Waals surface area contributed by atoms with Gasteiger partial charge in [-0.1, -0.05) is 12.8 Å². The Labute approximate surface area is 99.5 Å². The van der Waals surface area contributed by atoms with E-state index in [0.717, 1.165) is 25.7 Å². The molecule has 0 atom stereocenters. The van der Waals surface area contributed by atoms with Crippen LogP contribution in [0.25, 0.3) is 0 Å². The van der Waals surface area contributed by atoms with E-state index < -0.39 is 5.54 Å². The van der Waals surface area contributed by atoms with E-state index in [1.165, 1.54) is 12.3 Å². The summed E-state index contributed by atoms with van der Waals surface area (Å²) in [5.74, 6) is -0.237. The standard InChI is InChI=1S/C12H15N3O2/c13-6-10-5-9(7-14-10)11(17)15-12(8-16)3-1-2-4-12/h5,7,14,16H,1-4,8H2,(H,15,17). The molecule has 0 radical (unpaired) electrons. The molecule has 0 aliphatic heterocycles. The molecule has 90 valence electrons. The summed E-state index contributed by atoms with van der Waals surface area (Å²) in [6, 6.07) is 3.44. The first-order valence-corrected chi connectivity index (χ1v) is 5.71. The number of nitrogens with one attached hydrogen (secondary N) is 2. The van der Waals surface area contributed by atoms with Gasteiger partial charge in [-0.25, -0.2) is 0 Å². The minimum atomic E-state index is -0.471. The molecule has 2 rings (SSSR count). The maximum absolute atomic E-state index is 11.9. The lowest BCUT2D eigenvalue weighted by Crippen LogP contribution is -2.49. The minimum absolute atomic E-state index is 0.0335. The van der Waals surface area contributed by atoms with E-state index in [-0.39, 0.29) is 12.5 Å². The van der Waals surface area contributed by atoms with Crippen molar-refractivity contribution in [3.63, 3.8) is 0 Å². The second-order valence-electron chi connectivity index (χ2n) is 4.51. The minimum Gasteiger partial charge on any atom is -0.394 e. The van der Waals surface area contributed by atoms with Crippen LogP contribution in [0, 0.1) is 11.3 Å². The Morgan fingerprint density at radius 1 is 1.59 bits per heavy atom. The molecule has 1 aliphatic rings. The quantitative estimate of drug-likeness (QED) is 0.725. The topological polar surface area (TPSA) is 88.9 Å². The number of aliphatic hydroxyl groups is 1. The molecule has 0 unspecified atom stereocenters. The number of aliphatic hydroxyl groups excluding tert-OH is 1. The molecule has 1 aromatic rings. The Hall–Kier alpha value is -1.80. The molecule has 3 N–H and O–H groups in total. The number of hydrogen-bond donors (Lipinski definition) is 3. The van der Waals surface area contributed by atoms with Crippen molar-refractivity contribution < 1.29 is 9.90 Å². The second-order valence-corrected chi connectivity index (χ2v) is 4.51. The summed E-state index contributed by atoms with van der Waals surface area (Å²) in [5, 5.41) is 20.9. The number of aromatic amines is 1. The number of nitriles is 1. The van der Waals surface area contributed by atoms with Gasteiger partial charge < -0.3 is 15.4 Å². The van der Waals surface area contributed by atoms with Crippen LogP contribution in [0.4, 0.5) is 0 Å². The molecule has 0 bridgehead atoms. The first-order chi connectivity index (χ1) is 8.19. The molecule has 0 spiro atoms. The highest BCUT2D eigenvalue weighted by atomic mass is 16.3. The summed E-state index contributed by atoms with van der Waals surface area (Å²) in [7, 11) is 0. The van der Waals surface area contributed by atoms with Crippen LogP contribution in [0.2, 0.25) is 0 Å². The first kappa shape index (κ1) is 11.7. The van der Waals surface area contributed by atoms with Gasteiger partial charge in [0.05, 0.1) is 17.7 Å². The number of carbonyl (C=O) groups is 1.